The van der Waals surface area contributed by atoms with Crippen LogP contribution in [0.2, 0.25) is 0 Å². The summed E-state index contributed by atoms with van der Waals surface area (Å²) in [5.74, 6) is 0.432. The van der Waals surface area contributed by atoms with Gasteiger partial charge in [0.25, 0.3) is 0 Å². The van der Waals surface area contributed by atoms with E-state index in [9.17, 15) is 9.59 Å². The highest BCUT2D eigenvalue weighted by Gasteiger charge is 2.34. The van der Waals surface area contributed by atoms with Crippen molar-refractivity contribution in [2.24, 2.45) is 5.92 Å². The molecule has 1 aliphatic carbocycles. The second-order valence-electron chi connectivity index (χ2n) is 7.20. The van der Waals surface area contributed by atoms with E-state index in [4.69, 9.17) is 4.74 Å². The number of carbonyl (C=O) groups excluding carboxylic acids is 2. The minimum Gasteiger partial charge on any atom is -0.381 e. The first kappa shape index (κ1) is 17.9. The minimum absolute atomic E-state index is 0.0324. The van der Waals surface area contributed by atoms with E-state index in [2.05, 4.69) is 34.9 Å². The lowest BCUT2D eigenvalue weighted by Gasteiger charge is -2.38. The average molecular weight is 344 g/mol. The molecule has 1 heterocycles. The Balaban J connectivity index is 1.44. The first-order valence-electron chi connectivity index (χ1n) is 9.37. The zero-order chi connectivity index (χ0) is 17.5. The summed E-state index contributed by atoms with van der Waals surface area (Å²) in [5.41, 5.74) is 1.24. The summed E-state index contributed by atoms with van der Waals surface area (Å²) in [4.78, 5) is 23.8. The zero-order valence-electron chi connectivity index (χ0n) is 14.8. The van der Waals surface area contributed by atoms with Gasteiger partial charge in [0.15, 0.2) is 0 Å². The highest BCUT2D eigenvalue weighted by atomic mass is 16.5. The van der Waals surface area contributed by atoms with Crippen molar-refractivity contribution < 1.29 is 14.3 Å². The summed E-state index contributed by atoms with van der Waals surface area (Å²) in [7, 11) is 0. The fourth-order valence-electron chi connectivity index (χ4n) is 3.43. The van der Waals surface area contributed by atoms with Gasteiger partial charge in [0.05, 0.1) is 0 Å². The van der Waals surface area contributed by atoms with Gasteiger partial charge in [-0.05, 0) is 37.7 Å². The Morgan fingerprint density at radius 2 is 1.80 bits per heavy atom. The molecule has 5 nitrogen and oxygen atoms in total. The first-order chi connectivity index (χ1) is 12.2. The molecule has 0 bridgehead atoms. The molecule has 25 heavy (non-hydrogen) atoms. The second-order valence-corrected chi connectivity index (χ2v) is 7.20. The second kappa shape index (κ2) is 8.48. The molecule has 1 aromatic carbocycles. The maximum atomic E-state index is 12.2. The zero-order valence-corrected chi connectivity index (χ0v) is 14.8. The molecule has 0 atom stereocenters. The molecular weight excluding hydrogens is 316 g/mol. The molecule has 2 N–H and O–H groups in total. The van der Waals surface area contributed by atoms with E-state index in [0.717, 1.165) is 38.9 Å². The fraction of sp³-hybridized carbons (Fsp3) is 0.600. The van der Waals surface area contributed by atoms with Crippen LogP contribution in [0.15, 0.2) is 30.3 Å². The molecule has 0 aromatic heterocycles. The quantitative estimate of drug-likeness (QED) is 0.710. The summed E-state index contributed by atoms with van der Waals surface area (Å²) < 4.78 is 5.53. The molecule has 5 heteroatoms. The van der Waals surface area contributed by atoms with Gasteiger partial charge in [-0.3, -0.25) is 9.59 Å². The van der Waals surface area contributed by atoms with Crippen LogP contribution in [0.5, 0.6) is 0 Å². The van der Waals surface area contributed by atoms with Crippen molar-refractivity contribution in [2.45, 2.75) is 43.9 Å². The summed E-state index contributed by atoms with van der Waals surface area (Å²) in [6, 6.07) is 10.4. The lowest BCUT2D eigenvalue weighted by Crippen LogP contribution is -2.44. The van der Waals surface area contributed by atoms with Crippen molar-refractivity contribution in [1.82, 2.24) is 10.6 Å². The maximum absolute atomic E-state index is 12.2. The van der Waals surface area contributed by atoms with E-state index in [0.29, 0.717) is 25.9 Å². The summed E-state index contributed by atoms with van der Waals surface area (Å²) in [5, 5.41) is 6.01. The monoisotopic (exact) mass is 344 g/mol. The Morgan fingerprint density at radius 3 is 2.48 bits per heavy atom. The third kappa shape index (κ3) is 5.05. The Labute approximate surface area is 149 Å². The van der Waals surface area contributed by atoms with Crippen molar-refractivity contribution >= 4 is 11.8 Å². The van der Waals surface area contributed by atoms with E-state index in [1.54, 1.807) is 0 Å². The van der Waals surface area contributed by atoms with Gasteiger partial charge in [-0.1, -0.05) is 30.3 Å². The highest BCUT2D eigenvalue weighted by Crippen LogP contribution is 2.34. The largest absolute Gasteiger partial charge is 0.381 e. The molecular formula is C20H28N2O3. The third-order valence-corrected chi connectivity index (χ3v) is 5.29. The molecule has 1 saturated heterocycles. The SMILES string of the molecule is O=C(CCCNC(=O)C1CC1)NCC1(c2ccccc2)CCOCC1. The molecule has 0 radical (unpaired) electrons. The number of hydrogen-bond acceptors (Lipinski definition) is 3. The molecule has 3 rings (SSSR count). The minimum atomic E-state index is -0.0324. The molecule has 1 aromatic rings. The van der Waals surface area contributed by atoms with Crippen LogP contribution < -0.4 is 10.6 Å². The number of benzene rings is 1. The van der Waals surface area contributed by atoms with Gasteiger partial charge in [0, 0.05) is 44.1 Å². The molecule has 2 aliphatic rings. The number of carbonyl (C=O) groups is 2. The van der Waals surface area contributed by atoms with Crippen LogP contribution in [0, 0.1) is 5.92 Å². The van der Waals surface area contributed by atoms with E-state index in [-0.39, 0.29) is 23.1 Å². The van der Waals surface area contributed by atoms with Crippen molar-refractivity contribution in [3.8, 4) is 0 Å². The molecule has 0 unspecified atom stereocenters. The third-order valence-electron chi connectivity index (χ3n) is 5.29. The smallest absolute Gasteiger partial charge is 0.223 e. The van der Waals surface area contributed by atoms with Gasteiger partial charge < -0.3 is 15.4 Å². The normalized spacial score (nSPS) is 19.2. The predicted octanol–water partition coefficient (Wildman–Crippen LogP) is 2.16. The topological polar surface area (TPSA) is 67.4 Å². The van der Waals surface area contributed by atoms with Gasteiger partial charge in [-0.25, -0.2) is 0 Å². The van der Waals surface area contributed by atoms with E-state index in [1.165, 1.54) is 5.56 Å². The Morgan fingerprint density at radius 1 is 1.08 bits per heavy atom. The molecule has 0 spiro atoms. The lowest BCUT2D eigenvalue weighted by atomic mass is 9.74. The van der Waals surface area contributed by atoms with Gasteiger partial charge in [0.1, 0.15) is 0 Å². The average Bonchev–Trinajstić information content (AvgIpc) is 3.50. The van der Waals surface area contributed by atoms with Crippen molar-refractivity contribution in [2.75, 3.05) is 26.3 Å². The van der Waals surface area contributed by atoms with E-state index >= 15 is 0 Å². The van der Waals surface area contributed by atoms with Crippen LogP contribution >= 0.6 is 0 Å². The summed E-state index contributed by atoms with van der Waals surface area (Å²) in [6.07, 6.45) is 5.01. The lowest BCUT2D eigenvalue weighted by molar-refractivity contribution is -0.123. The molecule has 136 valence electrons. The predicted molar refractivity (Wildman–Crippen MR) is 96.2 cm³/mol. The van der Waals surface area contributed by atoms with Crippen LogP contribution in [0.1, 0.15) is 44.1 Å². The highest BCUT2D eigenvalue weighted by molar-refractivity contribution is 5.81. The van der Waals surface area contributed by atoms with Crippen molar-refractivity contribution in [3.63, 3.8) is 0 Å². The van der Waals surface area contributed by atoms with E-state index < -0.39 is 0 Å². The number of nitrogens with one attached hydrogen (secondary N) is 2. The number of ether oxygens (including phenoxy) is 1. The number of rotatable bonds is 8. The standard InChI is InChI=1S/C20H28N2O3/c23-18(7-4-12-21-19(24)16-8-9-16)22-15-20(10-13-25-14-11-20)17-5-2-1-3-6-17/h1-3,5-6,16H,4,7-15H2,(H,21,24)(H,22,23). The van der Waals surface area contributed by atoms with Crippen LogP contribution in [0.4, 0.5) is 0 Å². The van der Waals surface area contributed by atoms with Crippen molar-refractivity contribution in [1.29, 1.82) is 0 Å². The van der Waals surface area contributed by atoms with Gasteiger partial charge in [-0.2, -0.15) is 0 Å². The van der Waals surface area contributed by atoms with Gasteiger partial charge >= 0.3 is 0 Å². The van der Waals surface area contributed by atoms with Crippen molar-refractivity contribution in [3.05, 3.63) is 35.9 Å². The number of hydrogen-bond donors (Lipinski definition) is 2. The first-order valence-corrected chi connectivity index (χ1v) is 9.37. The molecule has 1 saturated carbocycles. The van der Waals surface area contributed by atoms with Gasteiger partial charge in [0.2, 0.25) is 11.8 Å². The number of amides is 2. The summed E-state index contributed by atoms with van der Waals surface area (Å²) in [6.45, 7) is 2.70. The molecule has 1 aliphatic heterocycles. The Kier molecular flexibility index (Phi) is 6.08. The van der Waals surface area contributed by atoms with Gasteiger partial charge in [-0.15, -0.1) is 0 Å². The van der Waals surface area contributed by atoms with Crippen LogP contribution in [-0.4, -0.2) is 38.1 Å². The Bertz CT molecular complexity index is 578. The molecule has 2 fully saturated rings. The van der Waals surface area contributed by atoms with Crippen LogP contribution in [0.3, 0.4) is 0 Å². The van der Waals surface area contributed by atoms with E-state index in [1.807, 2.05) is 6.07 Å². The van der Waals surface area contributed by atoms with Crippen LogP contribution in [0.25, 0.3) is 0 Å². The Hall–Kier alpha value is -1.88. The van der Waals surface area contributed by atoms with Crippen LogP contribution in [-0.2, 0) is 19.7 Å². The fourth-order valence-corrected chi connectivity index (χ4v) is 3.43. The summed E-state index contributed by atoms with van der Waals surface area (Å²) >= 11 is 0. The molecule has 2 amide bonds. The maximum Gasteiger partial charge on any atom is 0.223 e.